The van der Waals surface area contributed by atoms with Gasteiger partial charge in [0.15, 0.2) is 0 Å². The lowest BCUT2D eigenvalue weighted by molar-refractivity contribution is 0.602. The average molecular weight is 273 g/mol. The fourth-order valence-electron chi connectivity index (χ4n) is 1.56. The summed E-state index contributed by atoms with van der Waals surface area (Å²) in [6.45, 7) is 1.85. The number of allylic oxidation sites excluding steroid dienone is 1. The number of sulfone groups is 1. The molecular formula is C10H9BrO2S. The first-order valence-electron chi connectivity index (χ1n) is 4.31. The maximum Gasteiger partial charge on any atom is 0.203 e. The number of benzene rings is 1. The van der Waals surface area contributed by atoms with E-state index >= 15 is 0 Å². The molecule has 4 heteroatoms. The molecule has 1 heterocycles. The highest BCUT2D eigenvalue weighted by atomic mass is 79.9. The summed E-state index contributed by atoms with van der Waals surface area (Å²) < 4.78 is 24.6. The van der Waals surface area contributed by atoms with Crippen LogP contribution in [0, 0.1) is 0 Å². The van der Waals surface area contributed by atoms with Crippen molar-refractivity contribution in [3.8, 4) is 0 Å². The molecule has 0 fully saturated rings. The van der Waals surface area contributed by atoms with Crippen LogP contribution >= 0.6 is 15.9 Å². The second kappa shape index (κ2) is 3.21. The third-order valence-electron chi connectivity index (χ3n) is 2.27. The Balaban J connectivity index is 2.71. The van der Waals surface area contributed by atoms with Crippen LogP contribution in [0.25, 0.3) is 6.08 Å². The minimum Gasteiger partial charge on any atom is -0.219 e. The van der Waals surface area contributed by atoms with Gasteiger partial charge in [-0.3, -0.25) is 0 Å². The second-order valence-corrected chi connectivity index (χ2v) is 6.04. The van der Waals surface area contributed by atoms with E-state index in [0.717, 1.165) is 10.0 Å². The van der Waals surface area contributed by atoms with Crippen molar-refractivity contribution in [2.24, 2.45) is 0 Å². The van der Waals surface area contributed by atoms with Gasteiger partial charge >= 0.3 is 0 Å². The molecule has 74 valence electrons. The fourth-order valence-corrected chi connectivity index (χ4v) is 3.56. The molecule has 0 saturated carbocycles. The standard InChI is InChI=1S/C10H9BrO2S/c1-2-9-6-7-5-8(11)3-4-10(7)14(9,12)13/h3-6H,2H2,1H3. The Morgan fingerprint density at radius 3 is 2.71 bits per heavy atom. The van der Waals surface area contributed by atoms with Gasteiger partial charge < -0.3 is 0 Å². The highest BCUT2D eigenvalue weighted by molar-refractivity contribution is 9.10. The molecule has 0 spiro atoms. The molecule has 1 aromatic carbocycles. The van der Waals surface area contributed by atoms with Crippen molar-refractivity contribution in [3.05, 3.63) is 33.1 Å². The van der Waals surface area contributed by atoms with Gasteiger partial charge in [0, 0.05) is 9.38 Å². The van der Waals surface area contributed by atoms with Gasteiger partial charge in [-0.2, -0.15) is 0 Å². The Bertz CT molecular complexity index is 515. The minimum absolute atomic E-state index is 0.428. The monoisotopic (exact) mass is 272 g/mol. The third kappa shape index (κ3) is 1.33. The molecule has 0 bridgehead atoms. The van der Waals surface area contributed by atoms with E-state index in [1.165, 1.54) is 0 Å². The van der Waals surface area contributed by atoms with E-state index in [-0.39, 0.29) is 0 Å². The van der Waals surface area contributed by atoms with Crippen LogP contribution in [-0.4, -0.2) is 8.42 Å². The Hall–Kier alpha value is -0.610. The van der Waals surface area contributed by atoms with Crippen LogP contribution in [-0.2, 0) is 9.84 Å². The van der Waals surface area contributed by atoms with Gasteiger partial charge in [-0.15, -0.1) is 0 Å². The lowest BCUT2D eigenvalue weighted by Crippen LogP contribution is -1.99. The third-order valence-corrected chi connectivity index (χ3v) is 4.81. The number of fused-ring (bicyclic) bond motifs is 1. The molecule has 2 nitrogen and oxygen atoms in total. The molecule has 0 atom stereocenters. The van der Waals surface area contributed by atoms with E-state index in [0.29, 0.717) is 16.2 Å². The summed E-state index contributed by atoms with van der Waals surface area (Å²) in [5, 5.41) is 0. The topological polar surface area (TPSA) is 34.1 Å². The molecule has 0 aliphatic carbocycles. The summed E-state index contributed by atoms with van der Waals surface area (Å²) in [7, 11) is -3.17. The normalized spacial score (nSPS) is 17.7. The van der Waals surface area contributed by atoms with E-state index in [4.69, 9.17) is 0 Å². The smallest absolute Gasteiger partial charge is 0.203 e. The molecule has 1 aromatic rings. The molecule has 0 amide bonds. The van der Waals surface area contributed by atoms with Gasteiger partial charge in [0.2, 0.25) is 9.84 Å². The van der Waals surface area contributed by atoms with Crippen LogP contribution in [0.4, 0.5) is 0 Å². The predicted octanol–water partition coefficient (Wildman–Crippen LogP) is 2.99. The molecule has 0 radical (unpaired) electrons. The second-order valence-electron chi connectivity index (χ2n) is 3.15. The first-order valence-corrected chi connectivity index (χ1v) is 6.58. The summed E-state index contributed by atoms with van der Waals surface area (Å²) in [5.41, 5.74) is 0.788. The highest BCUT2D eigenvalue weighted by Crippen LogP contribution is 2.35. The van der Waals surface area contributed by atoms with Crippen molar-refractivity contribution in [3.63, 3.8) is 0 Å². The van der Waals surface area contributed by atoms with Crippen LogP contribution in [0.3, 0.4) is 0 Å². The van der Waals surface area contributed by atoms with Crippen molar-refractivity contribution in [2.75, 3.05) is 0 Å². The van der Waals surface area contributed by atoms with Crippen molar-refractivity contribution < 1.29 is 8.42 Å². The Labute approximate surface area is 91.7 Å². The maximum absolute atomic E-state index is 11.8. The largest absolute Gasteiger partial charge is 0.219 e. The van der Waals surface area contributed by atoms with Crippen molar-refractivity contribution in [2.45, 2.75) is 18.2 Å². The number of hydrogen-bond acceptors (Lipinski definition) is 2. The molecular weight excluding hydrogens is 264 g/mol. The molecule has 1 aliphatic heterocycles. The van der Waals surface area contributed by atoms with Gasteiger partial charge in [0.25, 0.3) is 0 Å². The average Bonchev–Trinajstić information content (AvgIpc) is 2.37. The van der Waals surface area contributed by atoms with E-state index < -0.39 is 9.84 Å². The first kappa shape index (κ1) is 9.93. The van der Waals surface area contributed by atoms with Crippen LogP contribution in [0.1, 0.15) is 18.9 Å². The van der Waals surface area contributed by atoms with E-state index in [1.54, 1.807) is 18.2 Å². The molecule has 14 heavy (non-hydrogen) atoms. The van der Waals surface area contributed by atoms with E-state index in [9.17, 15) is 8.42 Å². The molecule has 0 saturated heterocycles. The van der Waals surface area contributed by atoms with E-state index in [2.05, 4.69) is 15.9 Å². The molecule has 0 N–H and O–H groups in total. The quantitative estimate of drug-likeness (QED) is 0.788. The molecule has 1 aliphatic rings. The Morgan fingerprint density at radius 2 is 2.07 bits per heavy atom. The fraction of sp³-hybridized carbons (Fsp3) is 0.200. The zero-order valence-electron chi connectivity index (χ0n) is 7.62. The number of hydrogen-bond donors (Lipinski definition) is 0. The summed E-state index contributed by atoms with van der Waals surface area (Å²) in [4.78, 5) is 0.933. The maximum atomic E-state index is 11.8. The summed E-state index contributed by atoms with van der Waals surface area (Å²) in [6, 6.07) is 5.23. The summed E-state index contributed by atoms with van der Waals surface area (Å²) in [5.74, 6) is 0. The lowest BCUT2D eigenvalue weighted by atomic mass is 10.2. The van der Waals surface area contributed by atoms with Gasteiger partial charge in [-0.1, -0.05) is 22.9 Å². The van der Waals surface area contributed by atoms with Crippen molar-refractivity contribution in [1.82, 2.24) is 0 Å². The van der Waals surface area contributed by atoms with Gasteiger partial charge in [0.1, 0.15) is 0 Å². The highest BCUT2D eigenvalue weighted by Gasteiger charge is 2.27. The zero-order chi connectivity index (χ0) is 10.3. The van der Waals surface area contributed by atoms with Gasteiger partial charge in [-0.25, -0.2) is 8.42 Å². The predicted molar refractivity (Wildman–Crippen MR) is 59.6 cm³/mol. The van der Waals surface area contributed by atoms with Crippen LogP contribution in [0.5, 0.6) is 0 Å². The van der Waals surface area contributed by atoms with Crippen LogP contribution < -0.4 is 0 Å². The minimum atomic E-state index is -3.17. The number of rotatable bonds is 1. The van der Waals surface area contributed by atoms with E-state index in [1.807, 2.05) is 13.0 Å². The lowest BCUT2D eigenvalue weighted by Gasteiger charge is -2.00. The SMILES string of the molecule is CCC1=Cc2cc(Br)ccc2S1(=O)=O. The van der Waals surface area contributed by atoms with Gasteiger partial charge in [-0.05, 0) is 36.3 Å². The molecule has 2 rings (SSSR count). The number of halogens is 1. The van der Waals surface area contributed by atoms with Crippen molar-refractivity contribution >= 4 is 31.8 Å². The summed E-state index contributed by atoms with van der Waals surface area (Å²) in [6.07, 6.45) is 2.30. The van der Waals surface area contributed by atoms with Crippen LogP contribution in [0.15, 0.2) is 32.5 Å². The first-order chi connectivity index (χ1) is 6.55. The Kier molecular flexibility index (Phi) is 2.27. The van der Waals surface area contributed by atoms with Crippen molar-refractivity contribution in [1.29, 1.82) is 0 Å². The molecule has 0 aromatic heterocycles. The molecule has 0 unspecified atom stereocenters. The Morgan fingerprint density at radius 1 is 1.36 bits per heavy atom. The summed E-state index contributed by atoms with van der Waals surface area (Å²) >= 11 is 3.32. The van der Waals surface area contributed by atoms with Crippen LogP contribution in [0.2, 0.25) is 0 Å². The van der Waals surface area contributed by atoms with Gasteiger partial charge in [0.05, 0.1) is 4.90 Å². The zero-order valence-corrected chi connectivity index (χ0v) is 10.0.